The second-order valence-corrected chi connectivity index (χ2v) is 12.8. The summed E-state index contributed by atoms with van der Waals surface area (Å²) in [6.07, 6.45) is 1.72. The van der Waals surface area contributed by atoms with Crippen LogP contribution in [-0.4, -0.2) is 16.5 Å². The third-order valence-electron chi connectivity index (χ3n) is 7.56. The molecule has 0 amide bonds. The van der Waals surface area contributed by atoms with Crippen LogP contribution in [0.15, 0.2) is 103 Å². The van der Waals surface area contributed by atoms with Crippen molar-refractivity contribution in [2.24, 2.45) is 0 Å². The van der Waals surface area contributed by atoms with E-state index >= 15 is 0 Å². The Morgan fingerprint density at radius 3 is 2.28 bits per heavy atom. The third kappa shape index (κ3) is 5.68. The van der Waals surface area contributed by atoms with Gasteiger partial charge in [-0.15, -0.1) is 0 Å². The van der Waals surface area contributed by atoms with E-state index in [-0.39, 0.29) is 35.0 Å². The zero-order chi connectivity index (χ0) is 36.3. The first kappa shape index (κ1) is 21.0. The van der Waals surface area contributed by atoms with Crippen molar-refractivity contribution in [3.05, 3.63) is 114 Å². The molecule has 5 nitrogen and oxygen atoms in total. The number of hydrogen-bond acceptors (Lipinski definition) is 4. The molecule has 0 unspecified atom stereocenters. The van der Waals surface area contributed by atoms with Gasteiger partial charge in [-0.05, 0) is 76.5 Å². The second-order valence-electron chi connectivity index (χ2n) is 12.8. The van der Waals surface area contributed by atoms with Crippen molar-refractivity contribution in [2.45, 2.75) is 52.4 Å². The molecule has 0 radical (unpaired) electrons. The molecule has 0 fully saturated rings. The molecular weight excluding hydrogens is 528 g/mol. The highest BCUT2D eigenvalue weighted by Crippen LogP contribution is 2.38. The summed E-state index contributed by atoms with van der Waals surface area (Å²) >= 11 is 0. The summed E-state index contributed by atoms with van der Waals surface area (Å²) < 4.78 is 66.0. The zero-order valence-corrected chi connectivity index (χ0v) is 25.3. The van der Waals surface area contributed by atoms with Gasteiger partial charge in [0.05, 0.1) is 27.9 Å². The van der Waals surface area contributed by atoms with E-state index in [4.69, 9.17) is 14.3 Å². The predicted octanol–water partition coefficient (Wildman–Crippen LogP) is 10.4. The zero-order valence-electron chi connectivity index (χ0n) is 32.3. The molecule has 2 heterocycles. The number of para-hydroxylation sites is 3. The lowest BCUT2D eigenvalue weighted by atomic mass is 9.86. The summed E-state index contributed by atoms with van der Waals surface area (Å²) in [5, 5.41) is 7.01. The number of pyridine rings is 1. The molecule has 0 saturated carbocycles. The van der Waals surface area contributed by atoms with Crippen LogP contribution < -0.4 is 15.4 Å². The van der Waals surface area contributed by atoms with Crippen molar-refractivity contribution < 1.29 is 14.3 Å². The van der Waals surface area contributed by atoms with Crippen LogP contribution in [0.3, 0.4) is 0 Å². The lowest BCUT2D eigenvalue weighted by Gasteiger charge is -2.22. The van der Waals surface area contributed by atoms with Crippen LogP contribution in [0.4, 0.5) is 17.1 Å². The Kier molecular flexibility index (Phi) is 5.28. The lowest BCUT2D eigenvalue weighted by Crippen LogP contribution is -2.12. The van der Waals surface area contributed by atoms with Gasteiger partial charge in [0.1, 0.15) is 17.3 Å². The predicted molar refractivity (Wildman–Crippen MR) is 182 cm³/mol. The molecule has 0 aliphatic carbocycles. The molecule has 0 aliphatic rings. The van der Waals surface area contributed by atoms with Crippen LogP contribution in [0.1, 0.15) is 62.3 Å². The van der Waals surface area contributed by atoms with E-state index in [1.807, 2.05) is 48.5 Å². The number of benzene rings is 4. The Bertz CT molecular complexity index is 2260. The molecule has 5 heteroatoms. The highest BCUT2D eigenvalue weighted by atomic mass is 16.5. The van der Waals surface area contributed by atoms with Crippen LogP contribution in [0.5, 0.6) is 11.5 Å². The van der Waals surface area contributed by atoms with Crippen molar-refractivity contribution in [3.63, 3.8) is 0 Å². The maximum Gasteiger partial charge on any atom is 0.137 e. The minimum atomic E-state index is -2.37. The van der Waals surface area contributed by atoms with Crippen LogP contribution in [0.2, 0.25) is 0 Å². The molecule has 0 atom stereocenters. The van der Waals surface area contributed by atoms with Crippen molar-refractivity contribution in [2.75, 3.05) is 17.6 Å². The molecule has 4 aromatic carbocycles. The molecule has 6 rings (SSSR count). The fourth-order valence-electron chi connectivity index (χ4n) is 5.16. The number of anilines is 3. The largest absolute Gasteiger partial charge is 0.457 e. The SMILES string of the molecule is [2H]c1c([2H])c([2H])c2c(c1[2H])c1ccc(Oc3cc(Nc4ccccc4NC([2H])([2H])[2H])cc(C(C)(C)C)c3)cc1n2-c1cc(C(C)(C)C)ccn1. The van der Waals surface area contributed by atoms with Gasteiger partial charge in [0, 0.05) is 45.9 Å². The van der Waals surface area contributed by atoms with Gasteiger partial charge >= 0.3 is 0 Å². The minimum Gasteiger partial charge on any atom is -0.457 e. The quantitative estimate of drug-likeness (QED) is 0.207. The molecule has 0 spiro atoms. The van der Waals surface area contributed by atoms with Crippen LogP contribution in [0, 0.1) is 0 Å². The maximum atomic E-state index is 8.91. The van der Waals surface area contributed by atoms with Gasteiger partial charge in [-0.25, -0.2) is 4.98 Å². The van der Waals surface area contributed by atoms with Crippen molar-refractivity contribution in [1.82, 2.24) is 9.55 Å². The number of fused-ring (bicyclic) bond motifs is 3. The van der Waals surface area contributed by atoms with Crippen LogP contribution >= 0.6 is 0 Å². The average molecular weight is 576 g/mol. The van der Waals surface area contributed by atoms with Gasteiger partial charge in [0.2, 0.25) is 0 Å². The molecule has 218 valence electrons. The van der Waals surface area contributed by atoms with E-state index in [1.54, 1.807) is 35.0 Å². The standard InChI is InChI=1S/C38H40N4O/c1-37(2,3)25-18-19-40-36(22-25)42-34-15-11-8-12-30(34)31-17-16-28(24-35(31)42)43-29-21-26(38(4,5)6)20-27(23-29)41-33-14-10-9-13-32(33)39-7/h8-24,39,41H,1-7H3/i7D3,8D,11D,12D,15D. The number of aromatic nitrogens is 2. The van der Waals surface area contributed by atoms with Gasteiger partial charge in [-0.2, -0.15) is 0 Å². The summed E-state index contributed by atoms with van der Waals surface area (Å²) in [6, 6.07) is 21.4. The molecule has 0 saturated heterocycles. The van der Waals surface area contributed by atoms with E-state index < -0.39 is 6.98 Å². The van der Waals surface area contributed by atoms with Crippen molar-refractivity contribution in [1.29, 1.82) is 0 Å². The molecule has 0 aliphatic heterocycles. The Balaban J connectivity index is 1.51. The highest BCUT2D eigenvalue weighted by molar-refractivity contribution is 6.09. The minimum absolute atomic E-state index is 0.118. The number of nitrogens with zero attached hydrogens (tertiary/aromatic N) is 2. The van der Waals surface area contributed by atoms with E-state index in [0.717, 1.165) is 11.1 Å². The van der Waals surface area contributed by atoms with Crippen molar-refractivity contribution >= 4 is 38.9 Å². The van der Waals surface area contributed by atoms with E-state index in [0.29, 0.717) is 56.2 Å². The molecule has 6 aromatic rings. The lowest BCUT2D eigenvalue weighted by molar-refractivity contribution is 0.479. The second kappa shape index (κ2) is 10.8. The summed E-state index contributed by atoms with van der Waals surface area (Å²) in [5.41, 5.74) is 4.28. The summed E-state index contributed by atoms with van der Waals surface area (Å²) in [7, 11) is 0. The first-order valence-electron chi connectivity index (χ1n) is 17.8. The normalized spacial score (nSPS) is 14.7. The Morgan fingerprint density at radius 2 is 1.51 bits per heavy atom. The number of rotatable bonds is 6. The van der Waals surface area contributed by atoms with E-state index in [1.165, 1.54) is 0 Å². The van der Waals surface area contributed by atoms with Gasteiger partial charge in [0.15, 0.2) is 0 Å². The van der Waals surface area contributed by atoms with Gasteiger partial charge < -0.3 is 15.4 Å². The Hall–Kier alpha value is -4.77. The van der Waals surface area contributed by atoms with E-state index in [9.17, 15) is 0 Å². The Morgan fingerprint density at radius 1 is 0.744 bits per heavy atom. The third-order valence-corrected chi connectivity index (χ3v) is 7.56. The topological polar surface area (TPSA) is 51.1 Å². The summed E-state index contributed by atoms with van der Waals surface area (Å²) in [4.78, 5) is 4.67. The fourth-order valence-corrected chi connectivity index (χ4v) is 5.16. The highest BCUT2D eigenvalue weighted by Gasteiger charge is 2.19. The smallest absolute Gasteiger partial charge is 0.137 e. The first-order valence-corrected chi connectivity index (χ1v) is 14.3. The monoisotopic (exact) mass is 575 g/mol. The fraction of sp³-hybridized carbons (Fsp3) is 0.237. The molecule has 2 N–H and O–H groups in total. The van der Waals surface area contributed by atoms with Gasteiger partial charge in [0.25, 0.3) is 0 Å². The summed E-state index contributed by atoms with van der Waals surface area (Å²) in [6.45, 7) is 10.2. The number of ether oxygens (including phenoxy) is 1. The number of hydrogen-bond donors (Lipinski definition) is 2. The maximum absolute atomic E-state index is 8.91. The summed E-state index contributed by atoms with van der Waals surface area (Å²) in [5.74, 6) is 1.57. The van der Waals surface area contributed by atoms with Crippen LogP contribution in [-0.2, 0) is 10.8 Å². The van der Waals surface area contributed by atoms with Crippen LogP contribution in [0.25, 0.3) is 27.6 Å². The Labute approximate surface area is 264 Å². The molecule has 0 bridgehead atoms. The average Bonchev–Trinajstić information content (AvgIpc) is 3.37. The van der Waals surface area contributed by atoms with Crippen molar-refractivity contribution in [3.8, 4) is 17.3 Å². The van der Waals surface area contributed by atoms with Gasteiger partial charge in [-0.3, -0.25) is 4.57 Å². The molecular formula is C38H40N4O. The van der Waals surface area contributed by atoms with E-state index in [2.05, 4.69) is 57.2 Å². The first-order chi connectivity index (χ1) is 23.3. The molecule has 2 aromatic heterocycles. The number of nitrogens with one attached hydrogen (secondary N) is 2. The van der Waals surface area contributed by atoms with Gasteiger partial charge in [-0.1, -0.05) is 71.8 Å². The molecule has 43 heavy (non-hydrogen) atoms.